The lowest BCUT2D eigenvalue weighted by atomic mass is 10.1. The number of ketones is 1. The van der Waals surface area contributed by atoms with Crippen molar-refractivity contribution < 1.29 is 9.59 Å². The van der Waals surface area contributed by atoms with Crippen molar-refractivity contribution in [2.75, 3.05) is 5.32 Å². The molecule has 1 aromatic carbocycles. The Labute approximate surface area is 88.5 Å². The van der Waals surface area contributed by atoms with Gasteiger partial charge in [-0.15, -0.1) is 0 Å². The lowest BCUT2D eigenvalue weighted by Gasteiger charge is -2.05. The second-order valence-corrected chi connectivity index (χ2v) is 3.85. The van der Waals surface area contributed by atoms with E-state index in [-0.39, 0.29) is 0 Å². The maximum atomic E-state index is 11.2. The molecule has 0 saturated heterocycles. The highest BCUT2D eigenvalue weighted by atomic mass is 16.2. The Balaban J connectivity index is 2.17. The number of fused-ring (bicyclic) bond motifs is 1. The van der Waals surface area contributed by atoms with E-state index >= 15 is 0 Å². The number of benzene rings is 1. The van der Waals surface area contributed by atoms with Crippen molar-refractivity contribution in [1.82, 2.24) is 0 Å². The molecular formula is C12H13NO2. The van der Waals surface area contributed by atoms with Gasteiger partial charge >= 0.3 is 0 Å². The van der Waals surface area contributed by atoms with E-state index in [0.717, 1.165) is 18.5 Å². The molecule has 0 bridgehead atoms. The first-order valence-electron chi connectivity index (χ1n) is 5.10. The van der Waals surface area contributed by atoms with Crippen LogP contribution in [0, 0.1) is 0 Å². The topological polar surface area (TPSA) is 46.2 Å². The van der Waals surface area contributed by atoms with Gasteiger partial charge in [-0.25, -0.2) is 0 Å². The summed E-state index contributed by atoms with van der Waals surface area (Å²) in [6.07, 6.45) is 3.37. The molecule has 1 aliphatic carbocycles. The molecule has 15 heavy (non-hydrogen) atoms. The second kappa shape index (κ2) is 3.85. The molecule has 1 aliphatic rings. The summed E-state index contributed by atoms with van der Waals surface area (Å²) >= 11 is 0. The standard InChI is InChI=1S/C12H13NO2/c1-8(14)12(15)13-11-6-5-9-3-2-4-10(9)7-11/h5-7H,2-4H2,1H3,(H,13,15). The quantitative estimate of drug-likeness (QED) is 0.744. The van der Waals surface area contributed by atoms with Gasteiger partial charge in [0.25, 0.3) is 5.91 Å². The minimum atomic E-state index is -0.548. The van der Waals surface area contributed by atoms with E-state index in [2.05, 4.69) is 5.32 Å². The van der Waals surface area contributed by atoms with Crippen molar-refractivity contribution in [2.24, 2.45) is 0 Å². The molecule has 0 aliphatic heterocycles. The molecule has 0 saturated carbocycles. The van der Waals surface area contributed by atoms with Crippen LogP contribution in [-0.2, 0) is 22.4 Å². The van der Waals surface area contributed by atoms with Crippen molar-refractivity contribution >= 4 is 17.4 Å². The summed E-state index contributed by atoms with van der Waals surface area (Å²) in [6, 6.07) is 5.84. The lowest BCUT2D eigenvalue weighted by Crippen LogP contribution is -2.19. The Morgan fingerprint density at radius 1 is 1.20 bits per heavy atom. The Kier molecular flexibility index (Phi) is 2.54. The fourth-order valence-electron chi connectivity index (χ4n) is 1.87. The second-order valence-electron chi connectivity index (χ2n) is 3.85. The molecule has 0 atom stereocenters. The van der Waals surface area contributed by atoms with Crippen LogP contribution in [-0.4, -0.2) is 11.7 Å². The molecule has 2 rings (SSSR count). The van der Waals surface area contributed by atoms with E-state index in [1.165, 1.54) is 24.5 Å². The Hall–Kier alpha value is -1.64. The average Bonchev–Trinajstić information content (AvgIpc) is 2.64. The number of nitrogens with one attached hydrogen (secondary N) is 1. The van der Waals surface area contributed by atoms with Gasteiger partial charge in [-0.1, -0.05) is 6.07 Å². The van der Waals surface area contributed by atoms with Crippen LogP contribution in [0.5, 0.6) is 0 Å². The molecule has 0 unspecified atom stereocenters. The third-order valence-electron chi connectivity index (χ3n) is 2.68. The number of carbonyl (C=O) groups excluding carboxylic acids is 2. The van der Waals surface area contributed by atoms with Crippen molar-refractivity contribution in [1.29, 1.82) is 0 Å². The number of amides is 1. The van der Waals surface area contributed by atoms with Gasteiger partial charge in [0, 0.05) is 12.6 Å². The molecule has 3 nitrogen and oxygen atoms in total. The van der Waals surface area contributed by atoms with Gasteiger partial charge in [-0.2, -0.15) is 0 Å². The van der Waals surface area contributed by atoms with E-state index < -0.39 is 11.7 Å². The van der Waals surface area contributed by atoms with Crippen molar-refractivity contribution in [3.8, 4) is 0 Å². The summed E-state index contributed by atoms with van der Waals surface area (Å²) in [5.41, 5.74) is 3.36. The van der Waals surface area contributed by atoms with Gasteiger partial charge < -0.3 is 5.32 Å². The zero-order valence-corrected chi connectivity index (χ0v) is 8.67. The molecule has 3 heteroatoms. The van der Waals surface area contributed by atoms with Gasteiger partial charge in [0.05, 0.1) is 0 Å². The van der Waals surface area contributed by atoms with Crippen LogP contribution in [0.4, 0.5) is 5.69 Å². The zero-order valence-electron chi connectivity index (χ0n) is 8.67. The van der Waals surface area contributed by atoms with Gasteiger partial charge in [0.2, 0.25) is 5.78 Å². The fraction of sp³-hybridized carbons (Fsp3) is 0.333. The van der Waals surface area contributed by atoms with Crippen molar-refractivity contribution in [3.05, 3.63) is 29.3 Å². The number of aryl methyl sites for hydroxylation is 2. The van der Waals surface area contributed by atoms with Crippen LogP contribution in [0.2, 0.25) is 0 Å². The molecule has 0 heterocycles. The van der Waals surface area contributed by atoms with Crippen molar-refractivity contribution in [3.63, 3.8) is 0 Å². The van der Waals surface area contributed by atoms with Gasteiger partial charge in [0.15, 0.2) is 0 Å². The molecule has 1 aromatic rings. The van der Waals surface area contributed by atoms with Crippen LogP contribution in [0.25, 0.3) is 0 Å². The van der Waals surface area contributed by atoms with Crippen LogP contribution in [0.15, 0.2) is 18.2 Å². The first-order valence-corrected chi connectivity index (χ1v) is 5.10. The monoisotopic (exact) mass is 203 g/mol. The summed E-state index contributed by atoms with van der Waals surface area (Å²) in [5.74, 6) is -1.01. The Bertz CT molecular complexity index is 424. The lowest BCUT2D eigenvalue weighted by molar-refractivity contribution is -0.133. The third-order valence-corrected chi connectivity index (χ3v) is 2.68. The zero-order chi connectivity index (χ0) is 10.8. The summed E-state index contributed by atoms with van der Waals surface area (Å²) in [7, 11) is 0. The SMILES string of the molecule is CC(=O)C(=O)Nc1ccc2c(c1)CCC2. The Morgan fingerprint density at radius 2 is 1.93 bits per heavy atom. The van der Waals surface area contributed by atoms with Crippen LogP contribution < -0.4 is 5.32 Å². The minimum Gasteiger partial charge on any atom is -0.319 e. The average molecular weight is 203 g/mol. The third kappa shape index (κ3) is 2.06. The highest BCUT2D eigenvalue weighted by molar-refractivity contribution is 6.39. The molecule has 1 N–H and O–H groups in total. The molecule has 0 fully saturated rings. The first-order chi connectivity index (χ1) is 7.16. The highest BCUT2D eigenvalue weighted by Crippen LogP contribution is 2.24. The van der Waals surface area contributed by atoms with Crippen LogP contribution in [0.1, 0.15) is 24.5 Å². The maximum absolute atomic E-state index is 11.2. The summed E-state index contributed by atoms with van der Waals surface area (Å²) in [4.78, 5) is 21.9. The first kappa shape index (κ1) is 9.90. The summed E-state index contributed by atoms with van der Waals surface area (Å²) < 4.78 is 0. The molecule has 0 aromatic heterocycles. The maximum Gasteiger partial charge on any atom is 0.291 e. The highest BCUT2D eigenvalue weighted by Gasteiger charge is 2.12. The van der Waals surface area contributed by atoms with E-state index in [0.29, 0.717) is 0 Å². The van der Waals surface area contributed by atoms with Gasteiger partial charge in [0.1, 0.15) is 0 Å². The predicted octanol–water partition coefficient (Wildman–Crippen LogP) is 1.70. The normalized spacial score (nSPS) is 13.4. The number of anilines is 1. The van der Waals surface area contributed by atoms with Gasteiger partial charge in [-0.3, -0.25) is 9.59 Å². The molecule has 1 amide bonds. The number of Topliss-reactive ketones (excluding diaryl/α,β-unsaturated/α-hetero) is 1. The fourth-order valence-corrected chi connectivity index (χ4v) is 1.87. The summed E-state index contributed by atoms with van der Waals surface area (Å²) in [5, 5.41) is 2.58. The number of hydrogen-bond donors (Lipinski definition) is 1. The van der Waals surface area contributed by atoms with Crippen molar-refractivity contribution in [2.45, 2.75) is 26.2 Å². The minimum absolute atomic E-state index is 0.463. The molecule has 78 valence electrons. The smallest absolute Gasteiger partial charge is 0.291 e. The largest absolute Gasteiger partial charge is 0.319 e. The number of hydrogen-bond acceptors (Lipinski definition) is 2. The van der Waals surface area contributed by atoms with Gasteiger partial charge in [-0.05, 0) is 42.5 Å². The predicted molar refractivity (Wildman–Crippen MR) is 57.8 cm³/mol. The molecular weight excluding hydrogens is 190 g/mol. The summed E-state index contributed by atoms with van der Waals surface area (Å²) in [6.45, 7) is 1.27. The van der Waals surface area contributed by atoms with E-state index in [1.54, 1.807) is 0 Å². The molecule has 0 radical (unpaired) electrons. The van der Waals surface area contributed by atoms with E-state index in [4.69, 9.17) is 0 Å². The van der Waals surface area contributed by atoms with E-state index in [9.17, 15) is 9.59 Å². The molecule has 0 spiro atoms. The van der Waals surface area contributed by atoms with Crippen LogP contribution in [0.3, 0.4) is 0 Å². The van der Waals surface area contributed by atoms with Crippen LogP contribution >= 0.6 is 0 Å². The van der Waals surface area contributed by atoms with E-state index in [1.807, 2.05) is 18.2 Å². The number of rotatable bonds is 2. The Morgan fingerprint density at radius 3 is 2.67 bits per heavy atom. The number of carbonyl (C=O) groups is 2.